The Hall–Kier alpha value is -1.98. The number of hydrogen-bond donors (Lipinski definition) is 1. The van der Waals surface area contributed by atoms with Gasteiger partial charge in [0.25, 0.3) is 0 Å². The van der Waals surface area contributed by atoms with Crippen molar-refractivity contribution in [1.82, 2.24) is 10.2 Å². The van der Waals surface area contributed by atoms with Gasteiger partial charge in [0.1, 0.15) is 6.04 Å². The first-order chi connectivity index (χ1) is 14.4. The van der Waals surface area contributed by atoms with Crippen LogP contribution in [0.5, 0.6) is 0 Å². The molecule has 162 valence electrons. The van der Waals surface area contributed by atoms with Crippen LogP contribution in [-0.4, -0.2) is 35.1 Å². The summed E-state index contributed by atoms with van der Waals surface area (Å²) in [7, 11) is 0. The third-order valence-corrected chi connectivity index (χ3v) is 6.37. The van der Waals surface area contributed by atoms with Crippen molar-refractivity contribution in [1.29, 1.82) is 0 Å². The lowest BCUT2D eigenvalue weighted by atomic mass is 10.1. The summed E-state index contributed by atoms with van der Waals surface area (Å²) in [4.78, 5) is 27.4. The van der Waals surface area contributed by atoms with Crippen LogP contribution in [0.1, 0.15) is 43.4 Å². The van der Waals surface area contributed by atoms with E-state index in [0.29, 0.717) is 23.9 Å². The zero-order valence-corrected chi connectivity index (χ0v) is 19.6. The summed E-state index contributed by atoms with van der Waals surface area (Å²) in [5.41, 5.74) is 3.27. The van der Waals surface area contributed by atoms with Crippen LogP contribution in [0, 0.1) is 6.92 Å². The number of carbonyl (C=O) groups excluding carboxylic acids is 2. The van der Waals surface area contributed by atoms with Crippen LogP contribution in [0.2, 0.25) is 5.02 Å². The van der Waals surface area contributed by atoms with Gasteiger partial charge in [-0.2, -0.15) is 0 Å². The van der Waals surface area contributed by atoms with E-state index in [0.717, 1.165) is 24.2 Å². The van der Waals surface area contributed by atoms with Gasteiger partial charge in [0.05, 0.1) is 5.75 Å². The van der Waals surface area contributed by atoms with Crippen molar-refractivity contribution >= 4 is 35.2 Å². The maximum Gasteiger partial charge on any atom is 0.242 e. The van der Waals surface area contributed by atoms with Crippen molar-refractivity contribution in [2.24, 2.45) is 0 Å². The number of nitrogens with one attached hydrogen (secondary N) is 1. The van der Waals surface area contributed by atoms with E-state index in [2.05, 4.69) is 31.3 Å². The van der Waals surface area contributed by atoms with Crippen molar-refractivity contribution in [2.45, 2.75) is 52.0 Å². The molecule has 0 saturated heterocycles. The number of hydrogen-bond acceptors (Lipinski definition) is 3. The molecule has 2 rings (SSSR count). The van der Waals surface area contributed by atoms with Crippen molar-refractivity contribution in [2.75, 3.05) is 12.3 Å². The smallest absolute Gasteiger partial charge is 0.242 e. The van der Waals surface area contributed by atoms with Gasteiger partial charge in [0, 0.05) is 23.9 Å². The maximum absolute atomic E-state index is 13.1. The normalized spacial score (nSPS) is 11.7. The van der Waals surface area contributed by atoms with Gasteiger partial charge in [-0.1, -0.05) is 67.4 Å². The molecule has 0 aromatic heterocycles. The fourth-order valence-electron chi connectivity index (χ4n) is 3.03. The van der Waals surface area contributed by atoms with Gasteiger partial charge in [0.15, 0.2) is 0 Å². The second-order valence-electron chi connectivity index (χ2n) is 7.35. The molecular formula is C24H31ClN2O2S. The first-order valence-corrected chi connectivity index (χ1v) is 11.9. The lowest BCUT2D eigenvalue weighted by molar-refractivity contribution is -0.138. The molecular weight excluding hydrogens is 416 g/mol. The number of nitrogens with zero attached hydrogens (tertiary/aromatic N) is 1. The highest BCUT2D eigenvalue weighted by Crippen LogP contribution is 2.21. The highest BCUT2D eigenvalue weighted by Gasteiger charge is 2.26. The van der Waals surface area contributed by atoms with E-state index in [1.165, 1.54) is 11.1 Å². The Morgan fingerprint density at radius 2 is 1.77 bits per heavy atom. The number of amides is 2. The number of thioether (sulfide) groups is 1. The van der Waals surface area contributed by atoms with Crippen molar-refractivity contribution in [3.05, 3.63) is 70.2 Å². The minimum atomic E-state index is -0.565. The quantitative estimate of drug-likeness (QED) is 0.481. The third-order valence-electron chi connectivity index (χ3n) is 5.04. The van der Waals surface area contributed by atoms with Crippen molar-refractivity contribution in [3.8, 4) is 0 Å². The van der Waals surface area contributed by atoms with Crippen LogP contribution < -0.4 is 5.32 Å². The van der Waals surface area contributed by atoms with Crippen molar-refractivity contribution < 1.29 is 9.59 Å². The molecule has 1 N–H and O–H groups in total. The van der Waals surface area contributed by atoms with Gasteiger partial charge in [-0.15, -0.1) is 11.8 Å². The number of halogens is 1. The number of aryl methyl sites for hydroxylation is 1. The number of carbonyl (C=O) groups is 2. The molecule has 0 heterocycles. The van der Waals surface area contributed by atoms with E-state index in [9.17, 15) is 9.59 Å². The van der Waals surface area contributed by atoms with Crippen LogP contribution in [0.25, 0.3) is 0 Å². The maximum atomic E-state index is 13.1. The second-order valence-corrected chi connectivity index (χ2v) is 8.75. The van der Waals surface area contributed by atoms with Crippen LogP contribution in [0.15, 0.2) is 48.5 Å². The first-order valence-electron chi connectivity index (χ1n) is 10.4. The van der Waals surface area contributed by atoms with Gasteiger partial charge in [-0.05, 0) is 43.0 Å². The molecule has 0 bridgehead atoms. The predicted molar refractivity (Wildman–Crippen MR) is 127 cm³/mol. The highest BCUT2D eigenvalue weighted by atomic mass is 35.5. The van der Waals surface area contributed by atoms with Gasteiger partial charge in [-0.25, -0.2) is 0 Å². The van der Waals surface area contributed by atoms with Crippen LogP contribution in [0.4, 0.5) is 0 Å². The lowest BCUT2D eigenvalue weighted by Crippen LogP contribution is -2.48. The van der Waals surface area contributed by atoms with E-state index < -0.39 is 6.04 Å². The molecule has 0 aliphatic rings. The largest absolute Gasteiger partial charge is 0.354 e. The van der Waals surface area contributed by atoms with E-state index in [-0.39, 0.29) is 11.8 Å². The summed E-state index contributed by atoms with van der Waals surface area (Å²) in [6, 6.07) is 15.1. The van der Waals surface area contributed by atoms with E-state index >= 15 is 0 Å². The molecule has 0 aliphatic carbocycles. The second kappa shape index (κ2) is 12.7. The minimum absolute atomic E-state index is 0.0633. The average Bonchev–Trinajstić information content (AvgIpc) is 2.74. The van der Waals surface area contributed by atoms with Gasteiger partial charge in [0.2, 0.25) is 11.8 Å². The zero-order chi connectivity index (χ0) is 21.9. The summed E-state index contributed by atoms with van der Waals surface area (Å²) >= 11 is 7.88. The molecule has 0 radical (unpaired) electrons. The summed E-state index contributed by atoms with van der Waals surface area (Å²) in [6.07, 6.45) is 1.93. The first kappa shape index (κ1) is 24.3. The Balaban J connectivity index is 2.07. The molecule has 0 unspecified atom stereocenters. The predicted octanol–water partition coefficient (Wildman–Crippen LogP) is 5.22. The number of rotatable bonds is 11. The molecule has 2 aromatic rings. The Bertz CT molecular complexity index is 843. The Morgan fingerprint density at radius 3 is 2.43 bits per heavy atom. The molecule has 30 heavy (non-hydrogen) atoms. The van der Waals surface area contributed by atoms with Crippen LogP contribution in [0.3, 0.4) is 0 Å². The molecule has 4 nitrogen and oxygen atoms in total. The lowest BCUT2D eigenvalue weighted by Gasteiger charge is -2.29. The minimum Gasteiger partial charge on any atom is -0.354 e. The zero-order valence-electron chi connectivity index (χ0n) is 18.0. The Labute approximate surface area is 189 Å². The number of benzene rings is 2. The fourth-order valence-corrected chi connectivity index (χ4v) is 4.21. The van der Waals surface area contributed by atoms with Crippen LogP contribution in [-0.2, 0) is 21.9 Å². The molecule has 0 spiro atoms. The summed E-state index contributed by atoms with van der Waals surface area (Å²) in [5, 5.41) is 3.53. The SMILES string of the molecule is CCCCNC(=O)[C@H](C)N(Cc1ccccc1Cl)C(=O)CSCc1ccccc1C. The molecule has 1 atom stereocenters. The molecule has 2 amide bonds. The van der Waals surface area contributed by atoms with Crippen molar-refractivity contribution in [3.63, 3.8) is 0 Å². The Kier molecular flexibility index (Phi) is 10.2. The fraction of sp³-hybridized carbons (Fsp3) is 0.417. The third kappa shape index (κ3) is 7.37. The topological polar surface area (TPSA) is 49.4 Å². The standard InChI is InChI=1S/C24H31ClN2O2S/c1-4-5-14-26-24(29)19(3)27(15-20-11-8-9-13-22(20)25)23(28)17-30-16-21-12-7-6-10-18(21)2/h6-13,19H,4-5,14-17H2,1-3H3,(H,26,29)/t19-/m0/s1. The molecule has 0 aliphatic heterocycles. The van der Waals surface area contributed by atoms with E-state index in [1.54, 1.807) is 29.7 Å². The number of unbranched alkanes of at least 4 members (excludes halogenated alkanes) is 1. The van der Waals surface area contributed by atoms with E-state index in [4.69, 9.17) is 11.6 Å². The molecule has 2 aromatic carbocycles. The highest BCUT2D eigenvalue weighted by molar-refractivity contribution is 7.99. The molecule has 0 fully saturated rings. The summed E-state index contributed by atoms with van der Waals surface area (Å²) in [5.74, 6) is 0.875. The molecule has 6 heteroatoms. The summed E-state index contributed by atoms with van der Waals surface area (Å²) in [6.45, 7) is 6.86. The summed E-state index contributed by atoms with van der Waals surface area (Å²) < 4.78 is 0. The van der Waals surface area contributed by atoms with E-state index in [1.807, 2.05) is 30.3 Å². The average molecular weight is 447 g/mol. The van der Waals surface area contributed by atoms with Gasteiger partial charge < -0.3 is 10.2 Å². The Morgan fingerprint density at radius 1 is 1.10 bits per heavy atom. The van der Waals surface area contributed by atoms with Gasteiger partial charge >= 0.3 is 0 Å². The monoisotopic (exact) mass is 446 g/mol. The van der Waals surface area contributed by atoms with Gasteiger partial charge in [-0.3, -0.25) is 9.59 Å². The molecule has 0 saturated carbocycles. The van der Waals surface area contributed by atoms with Crippen LogP contribution >= 0.6 is 23.4 Å².